The molecule has 4 heterocycles. The van der Waals surface area contributed by atoms with E-state index < -0.39 is 0 Å². The van der Waals surface area contributed by atoms with Gasteiger partial charge in [-0.2, -0.15) is 5.26 Å². The van der Waals surface area contributed by atoms with E-state index in [1.165, 1.54) is 0 Å². The number of aromatic nitrogens is 2. The van der Waals surface area contributed by atoms with Gasteiger partial charge in [-0.15, -0.1) is 0 Å². The Hall–Kier alpha value is -2.43. The van der Waals surface area contributed by atoms with Gasteiger partial charge in [0.1, 0.15) is 11.7 Å². The third-order valence-electron chi connectivity index (χ3n) is 5.30. The van der Waals surface area contributed by atoms with Crippen molar-refractivity contribution in [2.45, 2.75) is 31.8 Å². The number of likely N-dealkylation sites (tertiary alicyclic amines) is 1. The topological polar surface area (TPSA) is 73.9 Å². The van der Waals surface area contributed by atoms with Gasteiger partial charge in [0.15, 0.2) is 0 Å². The molecule has 0 aromatic carbocycles. The maximum atomic E-state index is 13.0. The van der Waals surface area contributed by atoms with Crippen molar-refractivity contribution in [1.82, 2.24) is 19.2 Å². The summed E-state index contributed by atoms with van der Waals surface area (Å²) in [5.74, 6) is 0.222. The first-order chi connectivity index (χ1) is 12.8. The molecule has 4 rings (SSSR count). The van der Waals surface area contributed by atoms with Crippen molar-refractivity contribution in [2.24, 2.45) is 0 Å². The van der Waals surface area contributed by atoms with Crippen molar-refractivity contribution < 1.29 is 9.53 Å². The molecule has 0 saturated carbocycles. The van der Waals surface area contributed by atoms with Gasteiger partial charge in [-0.05, 0) is 31.5 Å². The number of pyridine rings is 1. The summed E-state index contributed by atoms with van der Waals surface area (Å²) in [6.07, 6.45) is 6.76. The molecule has 0 aliphatic carbocycles. The molecule has 0 bridgehead atoms. The van der Waals surface area contributed by atoms with Gasteiger partial charge < -0.3 is 14.0 Å². The Morgan fingerprint density at radius 3 is 2.92 bits per heavy atom. The second-order valence-electron chi connectivity index (χ2n) is 6.93. The molecule has 0 radical (unpaired) electrons. The Balaban J connectivity index is 1.55. The SMILES string of the molecule is N#Cc1ccc2ncc(CN3CCCCC3C(=O)N3CCOCC3)n2c1. The van der Waals surface area contributed by atoms with Crippen molar-refractivity contribution >= 4 is 11.6 Å². The lowest BCUT2D eigenvalue weighted by atomic mass is 10.0. The first kappa shape index (κ1) is 17.0. The Morgan fingerprint density at radius 1 is 1.27 bits per heavy atom. The molecule has 2 aromatic heterocycles. The summed E-state index contributed by atoms with van der Waals surface area (Å²) in [6, 6.07) is 5.73. The number of hydrogen-bond acceptors (Lipinski definition) is 5. The number of fused-ring (bicyclic) bond motifs is 1. The summed E-state index contributed by atoms with van der Waals surface area (Å²) in [5.41, 5.74) is 2.45. The molecule has 2 saturated heterocycles. The van der Waals surface area contributed by atoms with Gasteiger partial charge in [0.2, 0.25) is 5.91 Å². The summed E-state index contributed by atoms with van der Waals surface area (Å²) >= 11 is 0. The van der Waals surface area contributed by atoms with E-state index in [2.05, 4.69) is 16.0 Å². The molecule has 7 heteroatoms. The number of hydrogen-bond donors (Lipinski definition) is 0. The molecule has 7 nitrogen and oxygen atoms in total. The smallest absolute Gasteiger partial charge is 0.240 e. The average Bonchev–Trinajstić information content (AvgIpc) is 3.10. The molecule has 2 aliphatic heterocycles. The lowest BCUT2D eigenvalue weighted by Gasteiger charge is -2.38. The standard InChI is InChI=1S/C19H23N5O2/c20-11-15-4-5-18-21-12-16(24(18)13-15)14-23-6-2-1-3-17(23)19(25)22-7-9-26-10-8-22/h4-5,12-13,17H,1-3,6-10,14H2. The highest BCUT2D eigenvalue weighted by molar-refractivity contribution is 5.82. The minimum atomic E-state index is -0.0773. The molecule has 1 amide bonds. The van der Waals surface area contributed by atoms with Crippen LogP contribution in [-0.2, 0) is 16.1 Å². The van der Waals surface area contributed by atoms with E-state index in [-0.39, 0.29) is 11.9 Å². The number of nitrogens with zero attached hydrogens (tertiary/aromatic N) is 5. The minimum Gasteiger partial charge on any atom is -0.378 e. The zero-order valence-electron chi connectivity index (χ0n) is 14.8. The molecule has 1 atom stereocenters. The van der Waals surface area contributed by atoms with E-state index in [1.807, 2.05) is 27.8 Å². The van der Waals surface area contributed by atoms with Crippen molar-refractivity contribution in [3.05, 3.63) is 35.8 Å². The molecule has 1 unspecified atom stereocenters. The lowest BCUT2D eigenvalue weighted by Crippen LogP contribution is -2.53. The Morgan fingerprint density at radius 2 is 2.12 bits per heavy atom. The minimum absolute atomic E-state index is 0.0773. The normalized spacial score (nSPS) is 21.7. The third kappa shape index (κ3) is 3.30. The third-order valence-corrected chi connectivity index (χ3v) is 5.30. The summed E-state index contributed by atoms with van der Waals surface area (Å²) in [7, 11) is 0. The van der Waals surface area contributed by atoms with Crippen LogP contribution in [0, 0.1) is 11.3 Å². The molecule has 2 fully saturated rings. The van der Waals surface area contributed by atoms with E-state index in [4.69, 9.17) is 10.00 Å². The molecule has 2 aromatic rings. The summed E-state index contributed by atoms with van der Waals surface area (Å²) in [5, 5.41) is 9.15. The largest absolute Gasteiger partial charge is 0.378 e. The van der Waals surface area contributed by atoms with Crippen LogP contribution in [0.5, 0.6) is 0 Å². The van der Waals surface area contributed by atoms with E-state index >= 15 is 0 Å². The Labute approximate surface area is 152 Å². The highest BCUT2D eigenvalue weighted by atomic mass is 16.5. The second kappa shape index (κ2) is 7.44. The van der Waals surface area contributed by atoms with Crippen LogP contribution in [0.1, 0.15) is 30.5 Å². The monoisotopic (exact) mass is 353 g/mol. The number of rotatable bonds is 3. The fourth-order valence-corrected chi connectivity index (χ4v) is 3.88. The van der Waals surface area contributed by atoms with E-state index in [9.17, 15) is 4.79 Å². The molecule has 136 valence electrons. The first-order valence-electron chi connectivity index (χ1n) is 9.23. The fraction of sp³-hybridized carbons (Fsp3) is 0.526. The van der Waals surface area contributed by atoms with Crippen LogP contribution in [0.2, 0.25) is 0 Å². The number of morpholine rings is 1. The Kier molecular flexibility index (Phi) is 4.87. The van der Waals surface area contributed by atoms with Crippen LogP contribution < -0.4 is 0 Å². The van der Waals surface area contributed by atoms with Gasteiger partial charge in [-0.3, -0.25) is 9.69 Å². The van der Waals surface area contributed by atoms with Crippen LogP contribution in [-0.4, -0.2) is 64.0 Å². The van der Waals surface area contributed by atoms with Crippen molar-refractivity contribution in [3.63, 3.8) is 0 Å². The van der Waals surface area contributed by atoms with Crippen molar-refractivity contribution in [1.29, 1.82) is 5.26 Å². The number of imidazole rings is 1. The molecular formula is C19H23N5O2. The number of piperidine rings is 1. The van der Waals surface area contributed by atoms with Gasteiger partial charge in [0.25, 0.3) is 0 Å². The van der Waals surface area contributed by atoms with E-state index in [0.29, 0.717) is 38.4 Å². The predicted octanol–water partition coefficient (Wildman–Crippen LogP) is 1.42. The fourth-order valence-electron chi connectivity index (χ4n) is 3.88. The quantitative estimate of drug-likeness (QED) is 0.834. The number of carbonyl (C=O) groups excluding carboxylic acids is 1. The van der Waals surface area contributed by atoms with Crippen LogP contribution >= 0.6 is 0 Å². The van der Waals surface area contributed by atoms with Crippen LogP contribution in [0.15, 0.2) is 24.5 Å². The summed E-state index contributed by atoms with van der Waals surface area (Å²) < 4.78 is 7.34. The van der Waals surface area contributed by atoms with Gasteiger partial charge in [-0.1, -0.05) is 6.42 Å². The maximum Gasteiger partial charge on any atom is 0.240 e. The van der Waals surface area contributed by atoms with Crippen molar-refractivity contribution in [3.8, 4) is 6.07 Å². The first-order valence-corrected chi connectivity index (χ1v) is 9.23. The Bertz CT molecular complexity index is 834. The van der Waals surface area contributed by atoms with Crippen LogP contribution in [0.4, 0.5) is 0 Å². The van der Waals surface area contributed by atoms with Crippen LogP contribution in [0.25, 0.3) is 5.65 Å². The second-order valence-corrected chi connectivity index (χ2v) is 6.93. The number of nitriles is 1. The zero-order chi connectivity index (χ0) is 17.9. The summed E-state index contributed by atoms with van der Waals surface area (Å²) in [4.78, 5) is 21.7. The van der Waals surface area contributed by atoms with E-state index in [0.717, 1.165) is 37.1 Å². The van der Waals surface area contributed by atoms with Gasteiger partial charge in [0.05, 0.1) is 36.7 Å². The number of carbonyl (C=O) groups is 1. The molecule has 0 N–H and O–H groups in total. The summed E-state index contributed by atoms with van der Waals surface area (Å²) in [6.45, 7) is 4.20. The van der Waals surface area contributed by atoms with Gasteiger partial charge in [-0.25, -0.2) is 4.98 Å². The maximum absolute atomic E-state index is 13.0. The van der Waals surface area contributed by atoms with Gasteiger partial charge >= 0.3 is 0 Å². The van der Waals surface area contributed by atoms with Crippen LogP contribution in [0.3, 0.4) is 0 Å². The number of ether oxygens (including phenoxy) is 1. The van der Waals surface area contributed by atoms with E-state index in [1.54, 1.807) is 6.07 Å². The molecule has 0 spiro atoms. The average molecular weight is 353 g/mol. The van der Waals surface area contributed by atoms with Crippen molar-refractivity contribution in [2.75, 3.05) is 32.8 Å². The molecule has 26 heavy (non-hydrogen) atoms. The molecular weight excluding hydrogens is 330 g/mol. The highest BCUT2D eigenvalue weighted by Crippen LogP contribution is 2.22. The van der Waals surface area contributed by atoms with Gasteiger partial charge in [0, 0.05) is 25.8 Å². The predicted molar refractivity (Wildman–Crippen MR) is 95.4 cm³/mol. The lowest BCUT2D eigenvalue weighted by molar-refractivity contribution is -0.142. The zero-order valence-corrected chi connectivity index (χ0v) is 14.8. The number of amides is 1. The molecule has 2 aliphatic rings. The highest BCUT2D eigenvalue weighted by Gasteiger charge is 2.33.